The molecule has 0 saturated carbocycles. The van der Waals surface area contributed by atoms with Gasteiger partial charge in [0.1, 0.15) is 6.33 Å². The van der Waals surface area contributed by atoms with E-state index in [9.17, 15) is 9.90 Å². The first-order chi connectivity index (χ1) is 12.1. The van der Waals surface area contributed by atoms with Crippen molar-refractivity contribution in [2.24, 2.45) is 0 Å². The van der Waals surface area contributed by atoms with Crippen LogP contribution in [-0.4, -0.2) is 25.8 Å². The number of aliphatic hydroxyl groups excluding tert-OH is 1. The fraction of sp³-hybridized carbons (Fsp3) is 0.167. The summed E-state index contributed by atoms with van der Waals surface area (Å²) in [5, 5.41) is 17.6. The van der Waals surface area contributed by atoms with Crippen molar-refractivity contribution in [1.82, 2.24) is 20.1 Å². The van der Waals surface area contributed by atoms with E-state index < -0.39 is 12.0 Å². The van der Waals surface area contributed by atoms with Crippen molar-refractivity contribution in [3.8, 4) is 0 Å². The molecule has 25 heavy (non-hydrogen) atoms. The number of rotatable bonds is 6. The van der Waals surface area contributed by atoms with Crippen LogP contribution in [0.1, 0.15) is 27.8 Å². The van der Waals surface area contributed by atoms with Crippen molar-refractivity contribution in [1.29, 1.82) is 0 Å². The van der Waals surface area contributed by atoms with E-state index in [2.05, 4.69) is 15.4 Å². The van der Waals surface area contributed by atoms with E-state index in [1.807, 2.05) is 48.5 Å². The van der Waals surface area contributed by atoms with Crippen molar-refractivity contribution < 1.29 is 9.90 Å². The largest absolute Gasteiger partial charge is 0.386 e. The second-order valence-corrected chi connectivity index (χ2v) is 5.90. The summed E-state index contributed by atoms with van der Waals surface area (Å²) in [5.74, 6) is -0.347. The number of hydrogen-bond acceptors (Lipinski definition) is 4. The molecule has 0 radical (unpaired) electrons. The number of amides is 1. The number of carbonyl (C=O) groups is 1. The van der Waals surface area contributed by atoms with E-state index in [1.165, 1.54) is 11.0 Å². The highest BCUT2D eigenvalue weighted by molar-refractivity contribution is 6.31. The lowest BCUT2D eigenvalue weighted by Gasteiger charge is -2.10. The lowest BCUT2D eigenvalue weighted by Crippen LogP contribution is -2.24. The summed E-state index contributed by atoms with van der Waals surface area (Å²) < 4.78 is 1.45. The van der Waals surface area contributed by atoms with Crippen LogP contribution in [0, 0.1) is 0 Å². The molecular formula is C18H17ClN4O2. The molecular weight excluding hydrogens is 340 g/mol. The summed E-state index contributed by atoms with van der Waals surface area (Å²) >= 11 is 6.06. The maximum absolute atomic E-state index is 12.1. The molecule has 0 aliphatic rings. The zero-order valence-electron chi connectivity index (χ0n) is 13.3. The first kappa shape index (κ1) is 17.1. The normalized spacial score (nSPS) is 11.9. The molecule has 1 aromatic heterocycles. The van der Waals surface area contributed by atoms with Crippen LogP contribution in [0.15, 0.2) is 60.9 Å². The number of aromatic nitrogens is 3. The van der Waals surface area contributed by atoms with Crippen molar-refractivity contribution >= 4 is 17.5 Å². The smallest absolute Gasteiger partial charge is 0.291 e. The topological polar surface area (TPSA) is 80.0 Å². The zero-order chi connectivity index (χ0) is 17.6. The fourth-order valence-electron chi connectivity index (χ4n) is 2.34. The molecule has 0 fully saturated rings. The van der Waals surface area contributed by atoms with Crippen LogP contribution in [0.25, 0.3) is 0 Å². The minimum absolute atomic E-state index is 0.0484. The molecule has 0 aliphatic carbocycles. The minimum Gasteiger partial charge on any atom is -0.386 e. The molecule has 6 nitrogen and oxygen atoms in total. The van der Waals surface area contributed by atoms with Crippen LogP contribution < -0.4 is 5.32 Å². The van der Waals surface area contributed by atoms with Gasteiger partial charge in [-0.05, 0) is 17.2 Å². The Bertz CT molecular complexity index is 851. The van der Waals surface area contributed by atoms with Gasteiger partial charge < -0.3 is 10.4 Å². The van der Waals surface area contributed by atoms with Gasteiger partial charge in [0.25, 0.3) is 5.91 Å². The predicted molar refractivity (Wildman–Crippen MR) is 94.0 cm³/mol. The summed E-state index contributed by atoms with van der Waals surface area (Å²) in [5.41, 5.74) is 1.60. The number of benzene rings is 2. The Kier molecular flexibility index (Phi) is 5.42. The molecule has 0 bridgehead atoms. The van der Waals surface area contributed by atoms with E-state index in [-0.39, 0.29) is 12.4 Å². The standard InChI is InChI=1S/C18H17ClN4O2/c19-15-9-5-4-8-14(15)10-20-18(25)17-21-12-23(22-17)11-16(24)13-6-2-1-3-7-13/h1-9,12,16,24H,10-11H2,(H,20,25)/t16-/m0/s1. The summed E-state index contributed by atoms with van der Waals surface area (Å²) in [6.07, 6.45) is 0.707. The Morgan fingerprint density at radius 2 is 1.88 bits per heavy atom. The highest BCUT2D eigenvalue weighted by Crippen LogP contribution is 2.15. The highest BCUT2D eigenvalue weighted by atomic mass is 35.5. The monoisotopic (exact) mass is 356 g/mol. The predicted octanol–water partition coefficient (Wildman–Crippen LogP) is 2.60. The molecule has 2 N–H and O–H groups in total. The summed E-state index contributed by atoms with van der Waals surface area (Å²) in [7, 11) is 0. The van der Waals surface area contributed by atoms with Gasteiger partial charge in [0, 0.05) is 11.6 Å². The second-order valence-electron chi connectivity index (χ2n) is 5.49. The molecule has 3 aromatic rings. The molecule has 0 unspecified atom stereocenters. The van der Waals surface area contributed by atoms with Crippen LogP contribution in [0.4, 0.5) is 0 Å². The third-order valence-corrected chi connectivity index (χ3v) is 4.05. The van der Waals surface area contributed by atoms with Crippen LogP contribution in [0.2, 0.25) is 5.02 Å². The molecule has 1 heterocycles. The van der Waals surface area contributed by atoms with Gasteiger partial charge in [0.2, 0.25) is 5.82 Å². The molecule has 0 spiro atoms. The maximum atomic E-state index is 12.1. The quantitative estimate of drug-likeness (QED) is 0.711. The zero-order valence-corrected chi connectivity index (χ0v) is 14.1. The average molecular weight is 357 g/mol. The van der Waals surface area contributed by atoms with Gasteiger partial charge in [-0.15, -0.1) is 5.10 Å². The van der Waals surface area contributed by atoms with Gasteiger partial charge in [-0.2, -0.15) is 0 Å². The molecule has 1 atom stereocenters. The average Bonchev–Trinajstić information content (AvgIpc) is 3.10. The Hall–Kier alpha value is -2.70. The third-order valence-electron chi connectivity index (χ3n) is 3.68. The van der Waals surface area contributed by atoms with Crippen molar-refractivity contribution in [3.63, 3.8) is 0 Å². The lowest BCUT2D eigenvalue weighted by molar-refractivity contribution is 0.0938. The highest BCUT2D eigenvalue weighted by Gasteiger charge is 2.14. The number of hydrogen-bond donors (Lipinski definition) is 2. The number of nitrogens with zero attached hydrogens (tertiary/aromatic N) is 3. The maximum Gasteiger partial charge on any atom is 0.291 e. The van der Waals surface area contributed by atoms with E-state index in [1.54, 1.807) is 6.07 Å². The SMILES string of the molecule is O=C(NCc1ccccc1Cl)c1ncn(C[C@H](O)c2ccccc2)n1. The van der Waals surface area contributed by atoms with Crippen LogP contribution >= 0.6 is 11.6 Å². The Morgan fingerprint density at radius 1 is 1.16 bits per heavy atom. The Morgan fingerprint density at radius 3 is 2.64 bits per heavy atom. The third kappa shape index (κ3) is 4.43. The summed E-state index contributed by atoms with van der Waals surface area (Å²) in [6, 6.07) is 16.5. The molecule has 0 saturated heterocycles. The number of halogens is 1. The van der Waals surface area contributed by atoms with Gasteiger partial charge in [-0.1, -0.05) is 60.1 Å². The minimum atomic E-state index is -0.720. The number of carbonyl (C=O) groups excluding carboxylic acids is 1. The Labute approximate surface area is 150 Å². The van der Waals surface area contributed by atoms with Crippen LogP contribution in [-0.2, 0) is 13.1 Å². The first-order valence-electron chi connectivity index (χ1n) is 7.77. The Balaban J connectivity index is 1.59. The van der Waals surface area contributed by atoms with E-state index >= 15 is 0 Å². The summed E-state index contributed by atoms with van der Waals surface area (Å²) in [6.45, 7) is 0.508. The van der Waals surface area contributed by atoms with Gasteiger partial charge in [0.05, 0.1) is 12.6 Å². The molecule has 2 aromatic carbocycles. The van der Waals surface area contributed by atoms with Crippen LogP contribution in [0.3, 0.4) is 0 Å². The van der Waals surface area contributed by atoms with Crippen molar-refractivity contribution in [2.75, 3.05) is 0 Å². The first-order valence-corrected chi connectivity index (χ1v) is 8.15. The number of nitrogens with one attached hydrogen (secondary N) is 1. The molecule has 128 valence electrons. The molecule has 1 amide bonds. The van der Waals surface area contributed by atoms with Gasteiger partial charge in [0.15, 0.2) is 0 Å². The van der Waals surface area contributed by atoms with E-state index in [0.29, 0.717) is 11.6 Å². The van der Waals surface area contributed by atoms with Crippen LogP contribution in [0.5, 0.6) is 0 Å². The van der Waals surface area contributed by atoms with Crippen molar-refractivity contribution in [2.45, 2.75) is 19.2 Å². The second kappa shape index (κ2) is 7.92. The summed E-state index contributed by atoms with van der Waals surface area (Å²) in [4.78, 5) is 16.1. The number of aliphatic hydroxyl groups is 1. The molecule has 0 aliphatic heterocycles. The van der Waals surface area contributed by atoms with Gasteiger partial charge >= 0.3 is 0 Å². The van der Waals surface area contributed by atoms with E-state index in [4.69, 9.17) is 11.6 Å². The van der Waals surface area contributed by atoms with Gasteiger partial charge in [-0.25, -0.2) is 9.67 Å². The van der Waals surface area contributed by atoms with Gasteiger partial charge in [-0.3, -0.25) is 4.79 Å². The molecule has 3 rings (SSSR count). The molecule has 7 heteroatoms. The van der Waals surface area contributed by atoms with Crippen molar-refractivity contribution in [3.05, 3.63) is 82.9 Å². The lowest BCUT2D eigenvalue weighted by atomic mass is 10.1. The fourth-order valence-corrected chi connectivity index (χ4v) is 2.54. The van der Waals surface area contributed by atoms with E-state index in [0.717, 1.165) is 11.1 Å².